The van der Waals surface area contributed by atoms with E-state index in [9.17, 15) is 8.78 Å². The van der Waals surface area contributed by atoms with E-state index in [-0.39, 0.29) is 5.41 Å². The Balaban J connectivity index is 0.00000210. The molecule has 0 bridgehead atoms. The molecule has 0 amide bonds. The van der Waals surface area contributed by atoms with E-state index in [1.165, 1.54) is 37.0 Å². The molecule has 3 rings (SSSR count). The summed E-state index contributed by atoms with van der Waals surface area (Å²) in [6.45, 7) is 9.70. The predicted octanol–water partition coefficient (Wildman–Crippen LogP) is 7.12. The minimum Gasteiger partial charge on any atom is -0.365 e. The monoisotopic (exact) mass is 486 g/mol. The zero-order valence-electron chi connectivity index (χ0n) is 22.3. The molecule has 194 valence electrons. The number of nitrogens with one attached hydrogen (secondary N) is 2. The number of pyridine rings is 1. The van der Waals surface area contributed by atoms with Crippen LogP contribution in [0.3, 0.4) is 0 Å². The van der Waals surface area contributed by atoms with Crippen LogP contribution in [0.15, 0.2) is 41.8 Å². The molecule has 35 heavy (non-hydrogen) atoms. The number of allylic oxidation sites excluding steroid dienone is 4. The molecular formula is C29H44F2N4. The van der Waals surface area contributed by atoms with Crippen LogP contribution in [0.4, 0.5) is 14.5 Å². The first-order chi connectivity index (χ1) is 17.0. The number of rotatable bonds is 11. The van der Waals surface area contributed by atoms with Gasteiger partial charge in [0, 0.05) is 23.6 Å². The summed E-state index contributed by atoms with van der Waals surface area (Å²) in [4.78, 5) is 7.23. The molecule has 1 atom stereocenters. The van der Waals surface area contributed by atoms with Gasteiger partial charge in [-0.3, -0.25) is 4.98 Å². The van der Waals surface area contributed by atoms with Gasteiger partial charge in [-0.05, 0) is 50.8 Å². The van der Waals surface area contributed by atoms with Gasteiger partial charge in [-0.1, -0.05) is 52.2 Å². The quantitative estimate of drug-likeness (QED) is 0.258. The smallest absolute Gasteiger partial charge is 0.109 e. The zero-order valence-corrected chi connectivity index (χ0v) is 22.3. The molecule has 0 saturated heterocycles. The van der Waals surface area contributed by atoms with Crippen molar-refractivity contribution < 1.29 is 8.78 Å². The van der Waals surface area contributed by atoms with Crippen molar-refractivity contribution in [3.63, 3.8) is 0 Å². The van der Waals surface area contributed by atoms with Gasteiger partial charge in [0.15, 0.2) is 0 Å². The van der Waals surface area contributed by atoms with Crippen LogP contribution < -0.4 is 10.9 Å². The first kappa shape index (κ1) is 28.8. The van der Waals surface area contributed by atoms with Gasteiger partial charge in [0.1, 0.15) is 13.3 Å². The summed E-state index contributed by atoms with van der Waals surface area (Å²) < 4.78 is 25.4. The Kier molecular flexibility index (Phi) is 12.3. The van der Waals surface area contributed by atoms with Gasteiger partial charge in [-0.15, -0.1) is 11.8 Å². The molecule has 0 aromatic carbocycles. The third-order valence-corrected chi connectivity index (χ3v) is 6.85. The highest BCUT2D eigenvalue weighted by Gasteiger charge is 2.37. The highest BCUT2D eigenvalue weighted by molar-refractivity contribution is 5.40. The Morgan fingerprint density at radius 3 is 2.46 bits per heavy atom. The van der Waals surface area contributed by atoms with Crippen molar-refractivity contribution in [1.82, 2.24) is 15.3 Å². The molecule has 0 radical (unpaired) electrons. The first-order valence-corrected chi connectivity index (χ1v) is 13.2. The Morgan fingerprint density at radius 1 is 1.17 bits per heavy atom. The van der Waals surface area contributed by atoms with Crippen LogP contribution in [0, 0.1) is 17.3 Å². The third kappa shape index (κ3) is 8.07. The highest BCUT2D eigenvalue weighted by atomic mass is 19.1. The van der Waals surface area contributed by atoms with Crippen LogP contribution >= 0.6 is 0 Å². The average Bonchev–Trinajstić information content (AvgIpc) is 3.44. The van der Waals surface area contributed by atoms with Gasteiger partial charge in [-0.2, -0.15) is 0 Å². The second-order valence-corrected chi connectivity index (χ2v) is 9.45. The lowest BCUT2D eigenvalue weighted by Gasteiger charge is -2.44. The molecule has 1 aromatic heterocycles. The summed E-state index contributed by atoms with van der Waals surface area (Å²) in [7, 11) is 0. The standard InChI is InChI=1S/C27H38F2N4.C2H6/c1-4-6-15-27(3)16-21(5-2)11-14-26(27)33(25-9-7-8-10-25)20-23-13-12-22(19-30-23)31-32-24(17-28)18-29;1-2/h11-14,19,24-25,31-32H,5,7-10,15-18,20H2,1-3H3;1-2H3. The van der Waals surface area contributed by atoms with Gasteiger partial charge < -0.3 is 10.3 Å². The number of halogens is 2. The number of aromatic nitrogens is 1. The van der Waals surface area contributed by atoms with Crippen LogP contribution in [0.1, 0.15) is 85.3 Å². The van der Waals surface area contributed by atoms with Crippen molar-refractivity contribution in [2.75, 3.05) is 18.8 Å². The summed E-state index contributed by atoms with van der Waals surface area (Å²) in [5.74, 6) is 6.45. The zero-order chi connectivity index (χ0) is 25.7. The molecule has 0 aliphatic heterocycles. The lowest BCUT2D eigenvalue weighted by atomic mass is 9.73. The van der Waals surface area contributed by atoms with Crippen LogP contribution in [-0.2, 0) is 6.54 Å². The number of nitrogens with zero attached hydrogens (tertiary/aromatic N) is 2. The van der Waals surface area contributed by atoms with E-state index in [1.54, 1.807) is 6.20 Å². The van der Waals surface area contributed by atoms with Crippen molar-refractivity contribution in [2.24, 2.45) is 5.41 Å². The number of hydrogen-bond acceptors (Lipinski definition) is 4. The van der Waals surface area contributed by atoms with E-state index in [4.69, 9.17) is 0 Å². The van der Waals surface area contributed by atoms with Crippen molar-refractivity contribution in [3.05, 3.63) is 47.4 Å². The van der Waals surface area contributed by atoms with Crippen molar-refractivity contribution in [1.29, 1.82) is 0 Å². The largest absolute Gasteiger partial charge is 0.365 e. The third-order valence-electron chi connectivity index (χ3n) is 6.85. The molecule has 1 aromatic rings. The second kappa shape index (κ2) is 14.9. The molecule has 4 nitrogen and oxygen atoms in total. The van der Waals surface area contributed by atoms with Gasteiger partial charge in [0.25, 0.3) is 0 Å². The molecule has 2 aliphatic rings. The predicted molar refractivity (Wildman–Crippen MR) is 143 cm³/mol. The molecule has 1 unspecified atom stereocenters. The van der Waals surface area contributed by atoms with Crippen LogP contribution in [0.5, 0.6) is 0 Å². The van der Waals surface area contributed by atoms with Gasteiger partial charge >= 0.3 is 0 Å². The normalized spacial score (nSPS) is 19.8. The molecule has 2 aliphatic carbocycles. The number of alkyl halides is 2. The maximum atomic E-state index is 12.7. The molecule has 2 N–H and O–H groups in total. The van der Waals surface area contributed by atoms with E-state index in [2.05, 4.69) is 58.6 Å². The van der Waals surface area contributed by atoms with Gasteiger partial charge in [0.2, 0.25) is 0 Å². The SMILES string of the molecule is CC.CC#CCC1(C)CC(CC)=CC=C1N(Cc1ccc(NNC(CF)CF)cn1)C1CCCC1. The maximum absolute atomic E-state index is 12.7. The molecule has 1 saturated carbocycles. The van der Waals surface area contributed by atoms with Crippen molar-refractivity contribution in [3.8, 4) is 11.8 Å². The van der Waals surface area contributed by atoms with E-state index >= 15 is 0 Å². The van der Waals surface area contributed by atoms with Gasteiger partial charge in [-0.25, -0.2) is 14.2 Å². The lowest BCUT2D eigenvalue weighted by molar-refractivity contribution is 0.176. The van der Waals surface area contributed by atoms with Crippen molar-refractivity contribution >= 4 is 5.69 Å². The fourth-order valence-corrected chi connectivity index (χ4v) is 4.87. The number of hydrazine groups is 1. The first-order valence-electron chi connectivity index (χ1n) is 13.2. The highest BCUT2D eigenvalue weighted by Crippen LogP contribution is 2.45. The fraction of sp³-hybridized carbons (Fsp3) is 0.621. The Hall–Kier alpha value is -2.39. The molecule has 6 heteroatoms. The van der Waals surface area contributed by atoms with Gasteiger partial charge in [0.05, 0.1) is 30.2 Å². The van der Waals surface area contributed by atoms with Crippen LogP contribution in [0.25, 0.3) is 0 Å². The Bertz CT molecular complexity index is 874. The number of anilines is 1. The van der Waals surface area contributed by atoms with E-state index < -0.39 is 19.4 Å². The van der Waals surface area contributed by atoms with Crippen molar-refractivity contribution in [2.45, 2.75) is 98.2 Å². The topological polar surface area (TPSA) is 40.2 Å². The Labute approximate surface area is 211 Å². The fourth-order valence-electron chi connectivity index (χ4n) is 4.87. The minimum atomic E-state index is -0.856. The van der Waals surface area contributed by atoms with E-state index in [0.29, 0.717) is 11.7 Å². The Morgan fingerprint density at radius 2 is 1.89 bits per heavy atom. The summed E-state index contributed by atoms with van der Waals surface area (Å²) in [5, 5.41) is 0. The van der Waals surface area contributed by atoms with E-state index in [0.717, 1.165) is 31.5 Å². The molecule has 1 heterocycles. The van der Waals surface area contributed by atoms with Crippen LogP contribution in [-0.4, -0.2) is 35.3 Å². The maximum Gasteiger partial charge on any atom is 0.109 e. The summed E-state index contributed by atoms with van der Waals surface area (Å²) >= 11 is 0. The second-order valence-electron chi connectivity index (χ2n) is 9.45. The van der Waals surface area contributed by atoms with Crippen LogP contribution in [0.2, 0.25) is 0 Å². The van der Waals surface area contributed by atoms with E-state index in [1.807, 2.05) is 32.9 Å². The lowest BCUT2D eigenvalue weighted by Crippen LogP contribution is -2.40. The number of hydrogen-bond donors (Lipinski definition) is 2. The molecular weight excluding hydrogens is 442 g/mol. The average molecular weight is 487 g/mol. The molecule has 0 spiro atoms. The summed E-state index contributed by atoms with van der Waals surface area (Å²) in [5.41, 5.74) is 10.0. The minimum absolute atomic E-state index is 0.00907. The summed E-state index contributed by atoms with van der Waals surface area (Å²) in [6, 6.07) is 3.55. The molecule has 1 fully saturated rings. The summed E-state index contributed by atoms with van der Waals surface area (Å²) in [6.07, 6.45) is 14.2.